The number of carbonyl (C=O) groups excluding carboxylic acids is 1. The van der Waals surface area contributed by atoms with Gasteiger partial charge >= 0.3 is 5.97 Å². The lowest BCUT2D eigenvalue weighted by Crippen LogP contribution is -2.07. The van der Waals surface area contributed by atoms with E-state index in [2.05, 4.69) is 29.6 Å². The Kier molecular flexibility index (Phi) is 6.35. The zero-order valence-corrected chi connectivity index (χ0v) is 19.6. The van der Waals surface area contributed by atoms with Crippen LogP contribution in [0.5, 0.6) is 0 Å². The van der Waals surface area contributed by atoms with E-state index < -0.39 is 0 Å². The number of aryl methyl sites for hydroxylation is 1. The molecule has 4 rings (SSSR count). The predicted octanol–water partition coefficient (Wildman–Crippen LogP) is 6.79. The Bertz CT molecular complexity index is 1370. The number of carbonyl (C=O) groups is 1. The van der Waals surface area contributed by atoms with Crippen LogP contribution in [0, 0.1) is 25.2 Å². The van der Waals surface area contributed by atoms with Gasteiger partial charge in [-0.05, 0) is 37.1 Å². The summed E-state index contributed by atoms with van der Waals surface area (Å²) in [6, 6.07) is 16.5. The molecule has 4 aromatic rings. The van der Waals surface area contributed by atoms with Gasteiger partial charge in [-0.25, -0.2) is 9.78 Å². The Hall–Kier alpha value is -3.47. The van der Waals surface area contributed by atoms with Crippen LogP contribution in [0.3, 0.4) is 0 Å². The fourth-order valence-electron chi connectivity index (χ4n) is 3.43. The van der Waals surface area contributed by atoms with E-state index in [9.17, 15) is 10.1 Å². The van der Waals surface area contributed by atoms with E-state index in [4.69, 9.17) is 9.72 Å². The number of thiazole rings is 1. The second-order valence-corrected chi connectivity index (χ2v) is 9.17. The highest BCUT2D eigenvalue weighted by Crippen LogP contribution is 2.34. The summed E-state index contributed by atoms with van der Waals surface area (Å²) in [6.07, 6.45) is 1.61. The van der Waals surface area contributed by atoms with Crippen LogP contribution >= 0.6 is 22.7 Å². The van der Waals surface area contributed by atoms with Gasteiger partial charge in [0.1, 0.15) is 21.7 Å². The zero-order chi connectivity index (χ0) is 22.7. The smallest absolute Gasteiger partial charge is 0.341 e. The number of benzene rings is 2. The van der Waals surface area contributed by atoms with Gasteiger partial charge in [0.05, 0.1) is 17.9 Å². The molecule has 0 saturated heterocycles. The number of anilines is 1. The Balaban J connectivity index is 1.65. The number of hydrogen-bond donors (Lipinski definition) is 1. The molecular formula is C25H21N3O2S2. The molecule has 0 spiro atoms. The first kappa shape index (κ1) is 21.8. The molecule has 0 unspecified atom stereocenters. The SMILES string of the molecule is CCOC(=O)c1c(NC=C(C#N)c2nc(-c3cccc4ccccc34)cs2)sc(C)c1C. The van der Waals surface area contributed by atoms with Gasteiger partial charge in [-0.2, -0.15) is 5.26 Å². The molecule has 0 amide bonds. The number of rotatable bonds is 6. The Labute approximate surface area is 194 Å². The summed E-state index contributed by atoms with van der Waals surface area (Å²) >= 11 is 2.88. The molecule has 1 N–H and O–H groups in total. The van der Waals surface area contributed by atoms with Crippen molar-refractivity contribution in [2.45, 2.75) is 20.8 Å². The quantitative estimate of drug-likeness (QED) is 0.254. The lowest BCUT2D eigenvalue weighted by atomic mass is 10.0. The van der Waals surface area contributed by atoms with Gasteiger partial charge in [0.25, 0.3) is 0 Å². The number of allylic oxidation sites excluding steroid dienone is 1. The molecule has 160 valence electrons. The molecule has 0 aliphatic carbocycles. The third kappa shape index (κ3) is 4.15. The summed E-state index contributed by atoms with van der Waals surface area (Å²) in [5.41, 5.74) is 3.66. The third-order valence-corrected chi connectivity index (χ3v) is 7.15. The van der Waals surface area contributed by atoms with Gasteiger partial charge in [-0.1, -0.05) is 42.5 Å². The van der Waals surface area contributed by atoms with Crippen LogP contribution in [0.25, 0.3) is 27.6 Å². The Morgan fingerprint density at radius 1 is 1.22 bits per heavy atom. The van der Waals surface area contributed by atoms with Crippen LogP contribution in [0.15, 0.2) is 54.0 Å². The molecule has 2 aromatic heterocycles. The summed E-state index contributed by atoms with van der Waals surface area (Å²) in [4.78, 5) is 18.1. The minimum absolute atomic E-state index is 0.307. The van der Waals surface area contributed by atoms with Crippen molar-refractivity contribution in [3.05, 3.63) is 75.1 Å². The number of hydrogen-bond acceptors (Lipinski definition) is 7. The van der Waals surface area contributed by atoms with Crippen LogP contribution < -0.4 is 5.32 Å². The van der Waals surface area contributed by atoms with Crippen LogP contribution in [0.1, 0.15) is 32.7 Å². The van der Waals surface area contributed by atoms with Gasteiger partial charge in [-0.15, -0.1) is 22.7 Å². The summed E-state index contributed by atoms with van der Waals surface area (Å²) in [5.74, 6) is -0.365. The molecule has 0 bridgehead atoms. The first-order valence-electron chi connectivity index (χ1n) is 10.1. The molecule has 0 aliphatic heterocycles. The van der Waals surface area contributed by atoms with E-state index in [-0.39, 0.29) is 5.97 Å². The normalized spacial score (nSPS) is 11.4. The summed E-state index contributed by atoms with van der Waals surface area (Å²) in [5, 5.41) is 18.4. The van der Waals surface area contributed by atoms with E-state index >= 15 is 0 Å². The second kappa shape index (κ2) is 9.35. The number of thiophene rings is 1. The predicted molar refractivity (Wildman–Crippen MR) is 132 cm³/mol. The number of nitriles is 1. The van der Waals surface area contributed by atoms with Crippen molar-refractivity contribution in [2.24, 2.45) is 0 Å². The van der Waals surface area contributed by atoms with Gasteiger partial charge in [0, 0.05) is 22.0 Å². The van der Waals surface area contributed by atoms with E-state index in [1.807, 2.05) is 43.5 Å². The molecule has 5 nitrogen and oxygen atoms in total. The zero-order valence-electron chi connectivity index (χ0n) is 17.9. The molecule has 2 heterocycles. The molecule has 32 heavy (non-hydrogen) atoms. The molecule has 7 heteroatoms. The third-order valence-electron chi connectivity index (χ3n) is 5.13. The van der Waals surface area contributed by atoms with Gasteiger partial charge in [0.15, 0.2) is 0 Å². The van der Waals surface area contributed by atoms with Gasteiger partial charge in [-0.3, -0.25) is 0 Å². The lowest BCUT2D eigenvalue weighted by molar-refractivity contribution is 0.0527. The van der Waals surface area contributed by atoms with Crippen LogP contribution in [-0.4, -0.2) is 17.6 Å². The van der Waals surface area contributed by atoms with E-state index in [0.717, 1.165) is 32.5 Å². The van der Waals surface area contributed by atoms with Crippen molar-refractivity contribution in [1.29, 1.82) is 5.26 Å². The number of nitrogens with one attached hydrogen (secondary N) is 1. The average molecular weight is 460 g/mol. The standard InChI is InChI=1S/C25H21N3O2S2/c1-4-30-25(29)22-15(2)16(3)32-24(22)27-13-18(12-26)23-28-21(14-31-23)20-11-7-9-17-8-5-6-10-19(17)20/h5-11,13-14,27H,4H2,1-3H3. The topological polar surface area (TPSA) is 75.0 Å². The van der Waals surface area contributed by atoms with Gasteiger partial charge < -0.3 is 10.1 Å². The maximum absolute atomic E-state index is 12.4. The first-order valence-corrected chi connectivity index (χ1v) is 11.8. The van der Waals surface area contributed by atoms with Crippen LogP contribution in [0.2, 0.25) is 0 Å². The van der Waals surface area contributed by atoms with Crippen molar-refractivity contribution in [3.8, 4) is 17.3 Å². The molecule has 0 atom stereocenters. The number of aromatic nitrogens is 1. The van der Waals surface area contributed by atoms with Crippen molar-refractivity contribution in [3.63, 3.8) is 0 Å². The highest BCUT2D eigenvalue weighted by atomic mass is 32.1. The maximum Gasteiger partial charge on any atom is 0.341 e. The van der Waals surface area contributed by atoms with E-state index in [0.29, 0.717) is 27.8 Å². The van der Waals surface area contributed by atoms with Gasteiger partial charge in [0.2, 0.25) is 0 Å². The molecule has 0 radical (unpaired) electrons. The van der Waals surface area contributed by atoms with E-state index in [1.165, 1.54) is 22.7 Å². The number of nitrogens with zero attached hydrogens (tertiary/aromatic N) is 2. The number of ether oxygens (including phenoxy) is 1. The van der Waals surface area contributed by atoms with Crippen LogP contribution in [0.4, 0.5) is 5.00 Å². The van der Waals surface area contributed by atoms with Crippen molar-refractivity contribution >= 4 is 50.0 Å². The fourth-order valence-corrected chi connectivity index (χ4v) is 5.23. The minimum Gasteiger partial charge on any atom is -0.462 e. The summed E-state index contributed by atoms with van der Waals surface area (Å²) < 4.78 is 5.20. The first-order chi connectivity index (χ1) is 15.5. The van der Waals surface area contributed by atoms with Crippen molar-refractivity contribution in [1.82, 2.24) is 4.98 Å². The summed E-state index contributed by atoms with van der Waals surface area (Å²) in [6.45, 7) is 5.95. The minimum atomic E-state index is -0.365. The highest BCUT2D eigenvalue weighted by molar-refractivity contribution is 7.16. The largest absolute Gasteiger partial charge is 0.462 e. The van der Waals surface area contributed by atoms with Crippen molar-refractivity contribution in [2.75, 3.05) is 11.9 Å². The Morgan fingerprint density at radius 2 is 2.00 bits per heavy atom. The van der Waals surface area contributed by atoms with Crippen LogP contribution in [-0.2, 0) is 4.74 Å². The maximum atomic E-state index is 12.4. The lowest BCUT2D eigenvalue weighted by Gasteiger charge is -2.05. The second-order valence-electron chi connectivity index (χ2n) is 7.09. The Morgan fingerprint density at radius 3 is 2.78 bits per heavy atom. The monoisotopic (exact) mass is 459 g/mol. The molecule has 0 fully saturated rings. The highest BCUT2D eigenvalue weighted by Gasteiger charge is 2.20. The molecule has 0 aliphatic rings. The fraction of sp³-hybridized carbons (Fsp3) is 0.160. The molecular weight excluding hydrogens is 438 g/mol. The van der Waals surface area contributed by atoms with Crippen molar-refractivity contribution < 1.29 is 9.53 Å². The molecule has 2 aromatic carbocycles. The van der Waals surface area contributed by atoms with E-state index in [1.54, 1.807) is 13.1 Å². The molecule has 0 saturated carbocycles. The number of fused-ring (bicyclic) bond motifs is 1. The summed E-state index contributed by atoms with van der Waals surface area (Å²) in [7, 11) is 0. The average Bonchev–Trinajstić information content (AvgIpc) is 3.39. The number of esters is 1.